The Hall–Kier alpha value is -2.69. The minimum atomic E-state index is -0.182. The molecule has 2 aromatic carbocycles. The van der Waals surface area contributed by atoms with Crippen LogP contribution in [-0.2, 0) is 6.54 Å². The van der Waals surface area contributed by atoms with Gasteiger partial charge in [0.2, 0.25) is 0 Å². The van der Waals surface area contributed by atoms with Crippen LogP contribution in [0.1, 0.15) is 25.3 Å². The second-order valence-electron chi connectivity index (χ2n) is 7.38. The van der Waals surface area contributed by atoms with Gasteiger partial charge in [-0.2, -0.15) is 0 Å². The zero-order valence-electron chi connectivity index (χ0n) is 15.6. The maximum absolute atomic E-state index is 12.9. The number of ether oxygens (including phenoxy) is 2. The Morgan fingerprint density at radius 3 is 2.56 bits per heavy atom. The lowest BCUT2D eigenvalue weighted by Gasteiger charge is -2.31. The van der Waals surface area contributed by atoms with Crippen LogP contribution in [0.15, 0.2) is 54.6 Å². The minimum Gasteiger partial charge on any atom is -0.486 e. The molecular weight excluding hydrogens is 340 g/mol. The van der Waals surface area contributed by atoms with E-state index in [0.29, 0.717) is 25.6 Å². The second-order valence-corrected chi connectivity index (χ2v) is 7.38. The van der Waals surface area contributed by atoms with E-state index < -0.39 is 0 Å². The zero-order chi connectivity index (χ0) is 18.6. The fourth-order valence-corrected chi connectivity index (χ4v) is 3.48. The number of benzene rings is 2. The van der Waals surface area contributed by atoms with Gasteiger partial charge in [-0.1, -0.05) is 42.5 Å². The quantitative estimate of drug-likeness (QED) is 0.845. The van der Waals surface area contributed by atoms with Gasteiger partial charge in [-0.3, -0.25) is 0 Å². The van der Waals surface area contributed by atoms with Gasteiger partial charge in [-0.05, 0) is 43.4 Å². The van der Waals surface area contributed by atoms with Crippen molar-refractivity contribution in [1.82, 2.24) is 10.2 Å². The average molecular weight is 366 g/mol. The first-order valence-electron chi connectivity index (χ1n) is 9.67. The first kappa shape index (κ1) is 17.7. The lowest BCUT2D eigenvalue weighted by atomic mass is 10.1. The smallest absolute Gasteiger partial charge is 0.318 e. The van der Waals surface area contributed by atoms with Gasteiger partial charge in [0.25, 0.3) is 0 Å². The van der Waals surface area contributed by atoms with Crippen molar-refractivity contribution in [3.8, 4) is 11.5 Å². The predicted octanol–water partition coefficient (Wildman–Crippen LogP) is 3.84. The van der Waals surface area contributed by atoms with Crippen LogP contribution in [0.4, 0.5) is 4.79 Å². The van der Waals surface area contributed by atoms with Crippen LogP contribution in [0.25, 0.3) is 0 Å². The molecule has 4 rings (SSSR count). The summed E-state index contributed by atoms with van der Waals surface area (Å²) in [6, 6.07) is 18.0. The minimum absolute atomic E-state index is 0.0410. The number of hydrogen-bond donors (Lipinski definition) is 1. The lowest BCUT2D eigenvalue weighted by molar-refractivity contribution is 0.0886. The van der Waals surface area contributed by atoms with Crippen molar-refractivity contribution in [3.05, 3.63) is 60.2 Å². The fourth-order valence-electron chi connectivity index (χ4n) is 3.48. The van der Waals surface area contributed by atoms with E-state index in [1.54, 1.807) is 0 Å². The van der Waals surface area contributed by atoms with Crippen LogP contribution in [0, 0.1) is 5.92 Å². The van der Waals surface area contributed by atoms with E-state index in [2.05, 4.69) is 24.4 Å². The lowest BCUT2D eigenvalue weighted by Crippen LogP contribution is -2.49. The molecule has 0 spiro atoms. The van der Waals surface area contributed by atoms with Gasteiger partial charge in [0.15, 0.2) is 17.6 Å². The molecule has 1 N–H and O–H groups in total. The third kappa shape index (κ3) is 4.35. The molecule has 0 aromatic heterocycles. The van der Waals surface area contributed by atoms with E-state index in [9.17, 15) is 4.79 Å². The van der Waals surface area contributed by atoms with Gasteiger partial charge in [-0.25, -0.2) is 4.79 Å². The highest BCUT2D eigenvalue weighted by molar-refractivity contribution is 5.74. The van der Waals surface area contributed by atoms with Crippen molar-refractivity contribution in [2.24, 2.45) is 5.92 Å². The van der Waals surface area contributed by atoms with Crippen LogP contribution in [0.2, 0.25) is 0 Å². The summed E-state index contributed by atoms with van der Waals surface area (Å²) in [5.41, 5.74) is 1.14. The van der Waals surface area contributed by atoms with Gasteiger partial charge >= 0.3 is 6.03 Å². The Balaban J connectivity index is 1.37. The van der Waals surface area contributed by atoms with E-state index >= 15 is 0 Å². The van der Waals surface area contributed by atoms with Crippen molar-refractivity contribution < 1.29 is 14.3 Å². The Labute approximate surface area is 160 Å². The SMILES string of the molecule is CC(C1CC1)N(Cc1ccccc1)C(=O)NCC1COc2ccccc2O1. The van der Waals surface area contributed by atoms with E-state index in [-0.39, 0.29) is 18.2 Å². The van der Waals surface area contributed by atoms with Crippen LogP contribution in [0.3, 0.4) is 0 Å². The number of rotatable bonds is 6. The summed E-state index contributed by atoms with van der Waals surface area (Å²) in [6.07, 6.45) is 2.23. The number of hydrogen-bond acceptors (Lipinski definition) is 3. The molecule has 1 aliphatic heterocycles. The molecule has 1 heterocycles. The van der Waals surface area contributed by atoms with Gasteiger partial charge < -0.3 is 19.7 Å². The first-order chi connectivity index (χ1) is 13.2. The number of nitrogens with one attached hydrogen (secondary N) is 1. The number of carbonyl (C=O) groups is 1. The summed E-state index contributed by atoms with van der Waals surface area (Å²) < 4.78 is 11.7. The maximum Gasteiger partial charge on any atom is 0.318 e. The Morgan fingerprint density at radius 1 is 1.11 bits per heavy atom. The van der Waals surface area contributed by atoms with Crippen molar-refractivity contribution in [2.75, 3.05) is 13.2 Å². The van der Waals surface area contributed by atoms with Crippen LogP contribution >= 0.6 is 0 Å². The third-order valence-corrected chi connectivity index (χ3v) is 5.30. The highest BCUT2D eigenvalue weighted by atomic mass is 16.6. The molecule has 2 atom stereocenters. The summed E-state index contributed by atoms with van der Waals surface area (Å²) >= 11 is 0. The molecule has 2 aliphatic rings. The van der Waals surface area contributed by atoms with Gasteiger partial charge in [-0.15, -0.1) is 0 Å². The molecule has 1 saturated carbocycles. The van der Waals surface area contributed by atoms with E-state index in [4.69, 9.17) is 9.47 Å². The molecule has 27 heavy (non-hydrogen) atoms. The van der Waals surface area contributed by atoms with Crippen LogP contribution < -0.4 is 14.8 Å². The molecule has 1 fully saturated rings. The Kier molecular flexibility index (Phi) is 5.19. The molecule has 0 saturated heterocycles. The monoisotopic (exact) mass is 366 g/mol. The molecule has 0 radical (unpaired) electrons. The molecular formula is C22H26N2O3. The molecule has 5 nitrogen and oxygen atoms in total. The number of para-hydroxylation sites is 2. The Morgan fingerprint density at radius 2 is 1.81 bits per heavy atom. The maximum atomic E-state index is 12.9. The first-order valence-corrected chi connectivity index (χ1v) is 9.67. The fraction of sp³-hybridized carbons (Fsp3) is 0.409. The highest BCUT2D eigenvalue weighted by Gasteiger charge is 2.34. The summed E-state index contributed by atoms with van der Waals surface area (Å²) in [7, 11) is 0. The van der Waals surface area contributed by atoms with Gasteiger partial charge in [0.05, 0.1) is 6.54 Å². The van der Waals surface area contributed by atoms with E-state index in [0.717, 1.165) is 17.1 Å². The van der Waals surface area contributed by atoms with Crippen molar-refractivity contribution in [3.63, 3.8) is 0 Å². The van der Waals surface area contributed by atoms with Crippen molar-refractivity contribution in [1.29, 1.82) is 0 Å². The summed E-state index contributed by atoms with van der Waals surface area (Å²) in [6.45, 7) is 3.63. The molecule has 0 bridgehead atoms. The normalized spacial score (nSPS) is 19.2. The molecule has 2 unspecified atom stereocenters. The highest BCUT2D eigenvalue weighted by Crippen LogP contribution is 2.36. The molecule has 5 heteroatoms. The van der Waals surface area contributed by atoms with Crippen LogP contribution in [0.5, 0.6) is 11.5 Å². The topological polar surface area (TPSA) is 50.8 Å². The van der Waals surface area contributed by atoms with E-state index in [1.807, 2.05) is 47.4 Å². The van der Waals surface area contributed by atoms with Gasteiger partial charge in [0, 0.05) is 12.6 Å². The van der Waals surface area contributed by atoms with E-state index in [1.165, 1.54) is 12.8 Å². The van der Waals surface area contributed by atoms with Gasteiger partial charge in [0.1, 0.15) is 6.61 Å². The standard InChI is InChI=1S/C22H26N2O3/c1-16(18-11-12-18)24(14-17-7-3-2-4-8-17)22(25)23-13-19-15-26-20-9-5-6-10-21(20)27-19/h2-10,16,18-19H,11-15H2,1H3,(H,23,25). The summed E-state index contributed by atoms with van der Waals surface area (Å²) in [5, 5.41) is 3.05. The summed E-state index contributed by atoms with van der Waals surface area (Å²) in [5.74, 6) is 2.10. The number of fused-ring (bicyclic) bond motifs is 1. The average Bonchev–Trinajstić information content (AvgIpc) is 3.56. The third-order valence-electron chi connectivity index (χ3n) is 5.30. The van der Waals surface area contributed by atoms with Crippen molar-refractivity contribution >= 4 is 6.03 Å². The van der Waals surface area contributed by atoms with Crippen LogP contribution in [-0.4, -0.2) is 36.2 Å². The molecule has 1 aliphatic carbocycles. The largest absolute Gasteiger partial charge is 0.486 e. The Bertz CT molecular complexity index is 776. The number of amides is 2. The molecule has 142 valence electrons. The number of nitrogens with zero attached hydrogens (tertiary/aromatic N) is 1. The zero-order valence-corrected chi connectivity index (χ0v) is 15.6. The number of urea groups is 1. The molecule has 2 amide bonds. The second kappa shape index (κ2) is 7.91. The number of carbonyl (C=O) groups excluding carboxylic acids is 1. The predicted molar refractivity (Wildman–Crippen MR) is 104 cm³/mol. The summed E-state index contributed by atoms with van der Waals surface area (Å²) in [4.78, 5) is 14.9. The molecule has 2 aromatic rings. The van der Waals surface area contributed by atoms with Crippen molar-refractivity contribution in [2.45, 2.75) is 38.5 Å².